The summed E-state index contributed by atoms with van der Waals surface area (Å²) in [5.41, 5.74) is 1.62. The quantitative estimate of drug-likeness (QED) is 0.561. The van der Waals surface area contributed by atoms with Crippen LogP contribution in [0.2, 0.25) is 0 Å². The number of carbonyl (C=O) groups is 2. The summed E-state index contributed by atoms with van der Waals surface area (Å²) in [6, 6.07) is 7.23. The normalized spacial score (nSPS) is 11.9. The first kappa shape index (κ1) is 13.4. The Kier molecular flexibility index (Phi) is 5.40. The second-order valence-corrected chi connectivity index (χ2v) is 3.93. The van der Waals surface area contributed by atoms with Crippen LogP contribution in [0.5, 0.6) is 0 Å². The van der Waals surface area contributed by atoms with E-state index in [4.69, 9.17) is 4.74 Å². The molecule has 0 aliphatic heterocycles. The zero-order valence-electron chi connectivity index (χ0n) is 10.3. The second-order valence-electron chi connectivity index (χ2n) is 3.93. The topological polar surface area (TPSA) is 43.4 Å². The highest BCUT2D eigenvalue weighted by atomic mass is 16.5. The van der Waals surface area contributed by atoms with E-state index in [0.717, 1.165) is 24.7 Å². The van der Waals surface area contributed by atoms with Gasteiger partial charge in [-0.1, -0.05) is 19.1 Å². The predicted octanol–water partition coefficient (Wildman–Crippen LogP) is 2.63. The van der Waals surface area contributed by atoms with E-state index >= 15 is 0 Å². The van der Waals surface area contributed by atoms with Crippen LogP contribution in [0.15, 0.2) is 24.3 Å². The Hall–Kier alpha value is -1.64. The lowest BCUT2D eigenvalue weighted by molar-refractivity contribution is -0.111. The molecule has 17 heavy (non-hydrogen) atoms. The first-order valence-electron chi connectivity index (χ1n) is 5.92. The van der Waals surface area contributed by atoms with Crippen LogP contribution in [0.1, 0.15) is 36.2 Å². The van der Waals surface area contributed by atoms with E-state index in [1.165, 1.54) is 0 Å². The van der Waals surface area contributed by atoms with Crippen molar-refractivity contribution in [2.75, 3.05) is 6.61 Å². The van der Waals surface area contributed by atoms with Crippen molar-refractivity contribution in [2.24, 2.45) is 5.92 Å². The third kappa shape index (κ3) is 4.02. The standard InChI is InChI=1S/C14H18O3/c1-3-11(10-15)9-12-5-7-13(8-6-12)14(16)17-4-2/h5-8,10-11H,3-4,9H2,1-2H3. The minimum Gasteiger partial charge on any atom is -0.462 e. The zero-order valence-corrected chi connectivity index (χ0v) is 10.3. The van der Waals surface area contributed by atoms with Crippen molar-refractivity contribution in [3.63, 3.8) is 0 Å². The van der Waals surface area contributed by atoms with Gasteiger partial charge in [-0.2, -0.15) is 0 Å². The number of hydrogen-bond acceptors (Lipinski definition) is 3. The smallest absolute Gasteiger partial charge is 0.338 e. The average molecular weight is 234 g/mol. The van der Waals surface area contributed by atoms with Gasteiger partial charge in [-0.05, 0) is 37.5 Å². The molecule has 0 spiro atoms. The van der Waals surface area contributed by atoms with Gasteiger partial charge in [0, 0.05) is 5.92 Å². The molecule has 0 heterocycles. The van der Waals surface area contributed by atoms with E-state index in [1.807, 2.05) is 19.1 Å². The van der Waals surface area contributed by atoms with Crippen LogP contribution >= 0.6 is 0 Å². The van der Waals surface area contributed by atoms with Gasteiger partial charge in [0.2, 0.25) is 0 Å². The third-order valence-corrected chi connectivity index (χ3v) is 2.68. The summed E-state index contributed by atoms with van der Waals surface area (Å²) in [5, 5.41) is 0. The Morgan fingerprint density at radius 3 is 2.41 bits per heavy atom. The molecule has 0 bridgehead atoms. The summed E-state index contributed by atoms with van der Waals surface area (Å²) in [7, 11) is 0. The number of hydrogen-bond donors (Lipinski definition) is 0. The first-order chi connectivity index (χ1) is 8.21. The predicted molar refractivity (Wildman–Crippen MR) is 65.9 cm³/mol. The summed E-state index contributed by atoms with van der Waals surface area (Å²) in [5.74, 6) is -0.245. The van der Waals surface area contributed by atoms with Gasteiger partial charge >= 0.3 is 5.97 Å². The Morgan fingerprint density at radius 1 is 1.29 bits per heavy atom. The van der Waals surface area contributed by atoms with Crippen molar-refractivity contribution in [1.29, 1.82) is 0 Å². The van der Waals surface area contributed by atoms with Crippen LogP contribution < -0.4 is 0 Å². The molecule has 0 aromatic heterocycles. The molecule has 1 unspecified atom stereocenters. The van der Waals surface area contributed by atoms with Crippen LogP contribution in [0.4, 0.5) is 0 Å². The van der Waals surface area contributed by atoms with Crippen LogP contribution in [0.25, 0.3) is 0 Å². The molecule has 0 saturated carbocycles. The molecular weight excluding hydrogens is 216 g/mol. The van der Waals surface area contributed by atoms with Crippen molar-refractivity contribution in [1.82, 2.24) is 0 Å². The van der Waals surface area contributed by atoms with Gasteiger partial charge in [0.15, 0.2) is 0 Å². The molecule has 0 fully saturated rings. The molecule has 1 aromatic rings. The third-order valence-electron chi connectivity index (χ3n) is 2.68. The van der Waals surface area contributed by atoms with Gasteiger partial charge in [-0.25, -0.2) is 4.79 Å². The average Bonchev–Trinajstić information content (AvgIpc) is 2.37. The number of rotatable bonds is 6. The fourth-order valence-electron chi connectivity index (χ4n) is 1.58. The van der Waals surface area contributed by atoms with E-state index in [9.17, 15) is 9.59 Å². The molecule has 0 aliphatic rings. The van der Waals surface area contributed by atoms with Crippen molar-refractivity contribution >= 4 is 12.3 Å². The minimum atomic E-state index is -0.304. The van der Waals surface area contributed by atoms with Crippen LogP contribution in [0, 0.1) is 5.92 Å². The number of benzene rings is 1. The lowest BCUT2D eigenvalue weighted by Crippen LogP contribution is -2.06. The fraction of sp³-hybridized carbons (Fsp3) is 0.429. The van der Waals surface area contributed by atoms with Crippen molar-refractivity contribution < 1.29 is 14.3 Å². The molecule has 3 heteroatoms. The molecule has 1 aromatic carbocycles. The van der Waals surface area contributed by atoms with E-state index in [-0.39, 0.29) is 11.9 Å². The Bertz CT molecular complexity index is 368. The molecule has 0 radical (unpaired) electrons. The molecule has 3 nitrogen and oxygen atoms in total. The van der Waals surface area contributed by atoms with Gasteiger partial charge in [-0.3, -0.25) is 0 Å². The minimum absolute atomic E-state index is 0.0587. The molecule has 0 N–H and O–H groups in total. The SMILES string of the molecule is CCOC(=O)c1ccc(CC(C=O)CC)cc1. The molecule has 0 aliphatic carbocycles. The second kappa shape index (κ2) is 6.84. The molecule has 1 rings (SSSR count). The van der Waals surface area contributed by atoms with Crippen LogP contribution in [-0.2, 0) is 16.0 Å². The molecule has 0 saturated heterocycles. The highest BCUT2D eigenvalue weighted by Gasteiger charge is 2.08. The fourth-order valence-corrected chi connectivity index (χ4v) is 1.58. The lowest BCUT2D eigenvalue weighted by atomic mass is 9.98. The van der Waals surface area contributed by atoms with Gasteiger partial charge in [-0.15, -0.1) is 0 Å². The Labute approximate surface area is 102 Å². The van der Waals surface area contributed by atoms with Gasteiger partial charge in [0.05, 0.1) is 12.2 Å². The maximum atomic E-state index is 11.4. The maximum absolute atomic E-state index is 11.4. The zero-order chi connectivity index (χ0) is 12.7. The van der Waals surface area contributed by atoms with Crippen molar-refractivity contribution in [3.8, 4) is 0 Å². The van der Waals surface area contributed by atoms with Crippen LogP contribution in [0.3, 0.4) is 0 Å². The molecule has 0 amide bonds. The highest BCUT2D eigenvalue weighted by molar-refractivity contribution is 5.89. The monoisotopic (exact) mass is 234 g/mol. The number of carbonyl (C=O) groups excluding carboxylic acids is 2. The summed E-state index contributed by atoms with van der Waals surface area (Å²) in [6.45, 7) is 4.15. The molecular formula is C14H18O3. The Balaban J connectivity index is 2.67. The highest BCUT2D eigenvalue weighted by Crippen LogP contribution is 2.12. The van der Waals surface area contributed by atoms with Crippen molar-refractivity contribution in [2.45, 2.75) is 26.7 Å². The summed E-state index contributed by atoms with van der Waals surface area (Å²) in [6.07, 6.45) is 2.55. The van der Waals surface area contributed by atoms with E-state index in [0.29, 0.717) is 12.2 Å². The lowest BCUT2D eigenvalue weighted by Gasteiger charge is -2.07. The summed E-state index contributed by atoms with van der Waals surface area (Å²) < 4.78 is 4.90. The maximum Gasteiger partial charge on any atom is 0.338 e. The summed E-state index contributed by atoms with van der Waals surface area (Å²) in [4.78, 5) is 22.1. The first-order valence-corrected chi connectivity index (χ1v) is 5.92. The number of esters is 1. The molecule has 92 valence electrons. The number of ether oxygens (including phenoxy) is 1. The molecule has 1 atom stereocenters. The summed E-state index contributed by atoms with van der Waals surface area (Å²) >= 11 is 0. The van der Waals surface area contributed by atoms with Gasteiger partial charge in [0.1, 0.15) is 6.29 Å². The van der Waals surface area contributed by atoms with Crippen molar-refractivity contribution in [3.05, 3.63) is 35.4 Å². The van der Waals surface area contributed by atoms with E-state index in [2.05, 4.69) is 0 Å². The Morgan fingerprint density at radius 2 is 1.94 bits per heavy atom. The van der Waals surface area contributed by atoms with E-state index < -0.39 is 0 Å². The van der Waals surface area contributed by atoms with Crippen LogP contribution in [-0.4, -0.2) is 18.9 Å². The number of aldehydes is 1. The van der Waals surface area contributed by atoms with Gasteiger partial charge < -0.3 is 9.53 Å². The largest absolute Gasteiger partial charge is 0.462 e. The van der Waals surface area contributed by atoms with Gasteiger partial charge in [0.25, 0.3) is 0 Å². The van der Waals surface area contributed by atoms with E-state index in [1.54, 1.807) is 19.1 Å².